The number of carbonyl (C=O) groups is 3. The fourth-order valence-electron chi connectivity index (χ4n) is 5.03. The van der Waals surface area contributed by atoms with Crippen LogP contribution in [-0.4, -0.2) is 46.3 Å². The highest BCUT2D eigenvalue weighted by Gasteiger charge is 2.48. The highest BCUT2D eigenvalue weighted by atomic mass is 79.9. The summed E-state index contributed by atoms with van der Waals surface area (Å²) in [5.74, 6) is -3.42. The quantitative estimate of drug-likeness (QED) is 0.293. The van der Waals surface area contributed by atoms with Crippen LogP contribution in [0.2, 0.25) is 0 Å². The van der Waals surface area contributed by atoms with Crippen molar-refractivity contribution in [1.82, 2.24) is 20.4 Å². The van der Waals surface area contributed by atoms with E-state index in [2.05, 4.69) is 31.7 Å². The summed E-state index contributed by atoms with van der Waals surface area (Å²) in [5.41, 5.74) is 0.255. The lowest BCUT2D eigenvalue weighted by molar-refractivity contribution is -0.139. The Morgan fingerprint density at radius 3 is 2.25 bits per heavy atom. The largest absolute Gasteiger partial charge is 0.405 e. The minimum atomic E-state index is -4.58. The van der Waals surface area contributed by atoms with Gasteiger partial charge in [-0.1, -0.05) is 15.9 Å². The van der Waals surface area contributed by atoms with Crippen molar-refractivity contribution >= 4 is 39.3 Å². The highest BCUT2D eigenvalue weighted by Crippen LogP contribution is 2.51. The van der Waals surface area contributed by atoms with Crippen LogP contribution in [0.25, 0.3) is 0 Å². The fourth-order valence-corrected chi connectivity index (χ4v) is 5.72. The second kappa shape index (κ2) is 11.9. The molecule has 0 aliphatic heterocycles. The van der Waals surface area contributed by atoms with Gasteiger partial charge < -0.3 is 16.0 Å². The molecule has 0 bridgehead atoms. The molecule has 2 saturated carbocycles. The Hall–Kier alpha value is -2.96. The number of hydrogen-bond donors (Lipinski definition) is 3. The first-order valence-electron chi connectivity index (χ1n) is 13.3. The summed E-state index contributed by atoms with van der Waals surface area (Å²) in [7, 11) is 0. The smallest absolute Gasteiger partial charge is 0.346 e. The molecular weight excluding hydrogens is 598 g/mol. The minimum absolute atomic E-state index is 0.0754. The number of hydrogen-bond acceptors (Lipinski definition) is 4. The molecular formula is C27H32BrF4N5O3. The second-order valence-corrected chi connectivity index (χ2v) is 11.7. The molecule has 2 aliphatic rings. The number of aromatic nitrogens is 2. The Kier molecular flexibility index (Phi) is 8.91. The number of anilines is 1. The lowest BCUT2D eigenvalue weighted by Crippen LogP contribution is -2.50. The predicted molar refractivity (Wildman–Crippen MR) is 143 cm³/mol. The van der Waals surface area contributed by atoms with E-state index >= 15 is 4.39 Å². The molecule has 2 aromatic rings. The molecule has 2 atom stereocenters. The maximum atomic E-state index is 15.2. The van der Waals surface area contributed by atoms with Crippen LogP contribution in [0.4, 0.5) is 23.2 Å². The number of rotatable bonds is 11. The molecule has 8 nitrogen and oxygen atoms in total. The van der Waals surface area contributed by atoms with Crippen molar-refractivity contribution in [3.63, 3.8) is 0 Å². The highest BCUT2D eigenvalue weighted by molar-refractivity contribution is 9.10. The summed E-state index contributed by atoms with van der Waals surface area (Å²) in [6.45, 7) is 3.62. The molecule has 0 saturated heterocycles. The molecule has 40 heavy (non-hydrogen) atoms. The van der Waals surface area contributed by atoms with E-state index in [0.29, 0.717) is 5.69 Å². The molecule has 2 fully saturated rings. The maximum Gasteiger partial charge on any atom is 0.405 e. The van der Waals surface area contributed by atoms with Gasteiger partial charge in [0.15, 0.2) is 0 Å². The Labute approximate surface area is 237 Å². The summed E-state index contributed by atoms with van der Waals surface area (Å²) in [4.78, 5) is 39.1. The topological polar surface area (TPSA) is 105 Å². The maximum absolute atomic E-state index is 15.2. The summed E-state index contributed by atoms with van der Waals surface area (Å²) in [5, 5.41) is 11.5. The molecule has 1 aromatic heterocycles. The van der Waals surface area contributed by atoms with Crippen LogP contribution in [0.3, 0.4) is 0 Å². The van der Waals surface area contributed by atoms with Gasteiger partial charge in [-0.25, -0.2) is 4.39 Å². The average Bonchev–Trinajstić information content (AvgIpc) is 3.82. The molecule has 3 N–H and O–H groups in total. The molecule has 1 heterocycles. The lowest BCUT2D eigenvalue weighted by atomic mass is 9.88. The molecule has 218 valence electrons. The Bertz CT molecular complexity index is 1260. The van der Waals surface area contributed by atoms with Crippen molar-refractivity contribution in [2.75, 3.05) is 11.9 Å². The number of benzene rings is 1. The number of amides is 3. The van der Waals surface area contributed by atoms with E-state index in [0.717, 1.165) is 31.7 Å². The van der Waals surface area contributed by atoms with Crippen LogP contribution in [-0.2, 0) is 9.59 Å². The van der Waals surface area contributed by atoms with Crippen LogP contribution in [0.15, 0.2) is 28.9 Å². The molecule has 0 spiro atoms. The van der Waals surface area contributed by atoms with Gasteiger partial charge in [0.05, 0.1) is 11.6 Å². The minimum Gasteiger partial charge on any atom is -0.346 e. The third-order valence-corrected chi connectivity index (χ3v) is 8.03. The zero-order valence-corrected chi connectivity index (χ0v) is 23.9. The van der Waals surface area contributed by atoms with E-state index in [9.17, 15) is 27.6 Å². The van der Waals surface area contributed by atoms with Crippen LogP contribution >= 0.6 is 15.9 Å². The summed E-state index contributed by atoms with van der Waals surface area (Å²) in [6.07, 6.45) is 0.746. The van der Waals surface area contributed by atoms with Gasteiger partial charge in [-0.05, 0) is 88.0 Å². The fraction of sp³-hybridized carbons (Fsp3) is 0.556. The molecule has 2 unspecified atom stereocenters. The van der Waals surface area contributed by atoms with E-state index in [4.69, 9.17) is 0 Å². The van der Waals surface area contributed by atoms with Crippen molar-refractivity contribution in [2.24, 2.45) is 17.8 Å². The number of nitrogens with one attached hydrogen (secondary N) is 3. The van der Waals surface area contributed by atoms with Crippen molar-refractivity contribution < 1.29 is 31.9 Å². The van der Waals surface area contributed by atoms with Crippen molar-refractivity contribution in [3.05, 3.63) is 45.9 Å². The van der Waals surface area contributed by atoms with Crippen molar-refractivity contribution in [1.29, 1.82) is 0 Å². The van der Waals surface area contributed by atoms with E-state index < -0.39 is 48.2 Å². The van der Waals surface area contributed by atoms with Crippen LogP contribution in [0, 0.1) is 23.6 Å². The molecule has 3 amide bonds. The summed E-state index contributed by atoms with van der Waals surface area (Å²) < 4.78 is 54.4. The van der Waals surface area contributed by atoms with E-state index in [1.807, 2.05) is 13.8 Å². The standard InChI is InChI=1S/C27H32BrF4N5O3/c1-13(2)37-21(8-9-34-37)25(39)36-23(22(15-4-5-15)16-6-7-16)26(40)35-20-11-18(28)17(10-19(20)29)14(3)24(38)33-12-27(30,31)32/h8-11,13-16,22-23H,4-7,12H2,1-3H3,(H,33,38)(H,35,40)(H,36,39). The van der Waals surface area contributed by atoms with Gasteiger partial charge in [0, 0.05) is 16.7 Å². The third kappa shape index (κ3) is 7.21. The first-order valence-corrected chi connectivity index (χ1v) is 14.0. The van der Waals surface area contributed by atoms with Crippen molar-refractivity contribution in [3.8, 4) is 0 Å². The first-order chi connectivity index (χ1) is 18.8. The van der Waals surface area contributed by atoms with E-state index in [-0.39, 0.29) is 39.5 Å². The normalized spacial score (nSPS) is 17.1. The Morgan fingerprint density at radius 1 is 1.07 bits per heavy atom. The molecule has 0 radical (unpaired) electrons. The lowest BCUT2D eigenvalue weighted by Gasteiger charge is -2.28. The second-order valence-electron chi connectivity index (χ2n) is 10.9. The molecule has 4 rings (SSSR count). The van der Waals surface area contributed by atoms with Gasteiger partial charge in [0.25, 0.3) is 5.91 Å². The Morgan fingerprint density at radius 2 is 1.70 bits per heavy atom. The molecule has 1 aromatic carbocycles. The van der Waals surface area contributed by atoms with Crippen molar-refractivity contribution in [2.45, 2.75) is 70.6 Å². The molecule has 2 aliphatic carbocycles. The number of halogens is 5. The number of alkyl halides is 3. The monoisotopic (exact) mass is 629 g/mol. The van der Waals surface area contributed by atoms with E-state index in [1.54, 1.807) is 16.1 Å². The summed E-state index contributed by atoms with van der Waals surface area (Å²) in [6, 6.07) is 2.87. The number of nitrogens with zero attached hydrogens (tertiary/aromatic N) is 2. The van der Waals surface area contributed by atoms with E-state index in [1.165, 1.54) is 19.2 Å². The van der Waals surface area contributed by atoms with Gasteiger partial charge in [-0.3, -0.25) is 19.1 Å². The first kappa shape index (κ1) is 30.0. The van der Waals surface area contributed by atoms with Gasteiger partial charge >= 0.3 is 6.18 Å². The third-order valence-electron chi connectivity index (χ3n) is 7.35. The predicted octanol–water partition coefficient (Wildman–Crippen LogP) is 5.32. The van der Waals surface area contributed by atoms with Gasteiger partial charge in [-0.15, -0.1) is 0 Å². The average molecular weight is 630 g/mol. The van der Waals surface area contributed by atoms with Crippen LogP contribution < -0.4 is 16.0 Å². The zero-order valence-electron chi connectivity index (χ0n) is 22.3. The van der Waals surface area contributed by atoms with Gasteiger partial charge in [0.1, 0.15) is 24.1 Å². The summed E-state index contributed by atoms with van der Waals surface area (Å²) >= 11 is 3.25. The Balaban J connectivity index is 1.54. The van der Waals surface area contributed by atoms with Crippen LogP contribution in [0.5, 0.6) is 0 Å². The van der Waals surface area contributed by atoms with Crippen LogP contribution in [0.1, 0.15) is 74.5 Å². The van der Waals surface area contributed by atoms with Gasteiger partial charge in [-0.2, -0.15) is 18.3 Å². The molecule has 13 heteroatoms. The zero-order chi connectivity index (χ0) is 29.4. The number of carbonyl (C=O) groups excluding carboxylic acids is 3. The van der Waals surface area contributed by atoms with Gasteiger partial charge in [0.2, 0.25) is 11.8 Å². The SMILES string of the molecule is CC(C(=O)NCC(F)(F)F)c1cc(F)c(NC(=O)C(NC(=O)c2ccnn2C(C)C)C(C2CC2)C2CC2)cc1Br.